The molecule has 3 N–H and O–H groups in total. The summed E-state index contributed by atoms with van der Waals surface area (Å²) in [5, 5.41) is 8.98. The van der Waals surface area contributed by atoms with Crippen LogP contribution in [0.2, 0.25) is 0 Å². The fourth-order valence-corrected chi connectivity index (χ4v) is 4.07. The summed E-state index contributed by atoms with van der Waals surface area (Å²) in [4.78, 5) is 24.9. The van der Waals surface area contributed by atoms with E-state index in [-0.39, 0.29) is 6.04 Å². The molecule has 5 nitrogen and oxygen atoms in total. The number of carbonyl (C=O) groups is 2. The Bertz CT molecular complexity index is 793. The molecule has 3 rings (SSSR count). The van der Waals surface area contributed by atoms with E-state index in [0.29, 0.717) is 5.69 Å². The van der Waals surface area contributed by atoms with Crippen molar-refractivity contribution in [3.05, 3.63) is 54.6 Å². The van der Waals surface area contributed by atoms with Gasteiger partial charge in [0.25, 0.3) is 0 Å². The Hall–Kier alpha value is -2.82. The van der Waals surface area contributed by atoms with Crippen molar-refractivity contribution in [1.29, 1.82) is 0 Å². The average Bonchev–Trinajstić information content (AvgIpc) is 2.77. The molecule has 1 aliphatic carbocycles. The van der Waals surface area contributed by atoms with Gasteiger partial charge in [-0.2, -0.15) is 0 Å². The Labute approximate surface area is 186 Å². The first-order valence-corrected chi connectivity index (χ1v) is 11.7. The molecule has 5 heteroatoms. The number of hydrogen-bond acceptors (Lipinski definition) is 3. The van der Waals surface area contributed by atoms with Crippen LogP contribution in [0.1, 0.15) is 70.6 Å². The topological polar surface area (TPSA) is 70.2 Å². The lowest BCUT2D eigenvalue weighted by atomic mass is 9.98. The molecule has 1 fully saturated rings. The van der Waals surface area contributed by atoms with Crippen molar-refractivity contribution in [3.8, 4) is 0 Å². The summed E-state index contributed by atoms with van der Waals surface area (Å²) < 4.78 is 0. The second-order valence-corrected chi connectivity index (χ2v) is 8.45. The minimum Gasteiger partial charge on any atom is -0.356 e. The number of para-hydroxylation sites is 1. The highest BCUT2D eigenvalue weighted by Gasteiger charge is 2.18. The Morgan fingerprint density at radius 3 is 1.65 bits per heavy atom. The predicted octanol–water partition coefficient (Wildman–Crippen LogP) is 6.16. The molecule has 0 atom stereocenters. The molecule has 31 heavy (non-hydrogen) atoms. The number of hydrogen-bond donors (Lipinski definition) is 3. The van der Waals surface area contributed by atoms with Crippen molar-refractivity contribution in [3.63, 3.8) is 0 Å². The van der Waals surface area contributed by atoms with Crippen LogP contribution < -0.4 is 16.0 Å². The van der Waals surface area contributed by atoms with Crippen molar-refractivity contribution in [2.75, 3.05) is 10.6 Å². The summed E-state index contributed by atoms with van der Waals surface area (Å²) in [5.74, 6) is -1.14. The van der Waals surface area contributed by atoms with Crippen LogP contribution in [0.5, 0.6) is 0 Å². The van der Waals surface area contributed by atoms with E-state index in [2.05, 4.69) is 16.0 Å². The summed E-state index contributed by atoms with van der Waals surface area (Å²) in [6, 6.07) is 17.3. The smallest absolute Gasteiger partial charge is 0.313 e. The molecular formula is C26H35N3O2. The third-order valence-electron chi connectivity index (χ3n) is 5.85. The summed E-state index contributed by atoms with van der Waals surface area (Å²) in [7, 11) is 0. The summed E-state index contributed by atoms with van der Waals surface area (Å²) in [5.41, 5.74) is 2.52. The van der Waals surface area contributed by atoms with Crippen LogP contribution in [-0.4, -0.2) is 17.9 Å². The standard InChI is InChI=1S/C26H35N3O2/c30-25(28-22-15-9-6-4-2-1-3-5-7-10-16-22)26(31)29-24-19-17-23(18-20-24)27-21-13-11-8-12-14-21/h8,11-14,17-20,22,27H,1-7,9-10,15-16H2,(H,28,30)(H,29,31). The number of benzene rings is 2. The zero-order valence-corrected chi connectivity index (χ0v) is 18.4. The van der Waals surface area contributed by atoms with Crippen molar-refractivity contribution in [2.45, 2.75) is 76.7 Å². The first-order chi connectivity index (χ1) is 15.2. The number of anilines is 3. The largest absolute Gasteiger partial charge is 0.356 e. The summed E-state index contributed by atoms with van der Waals surface area (Å²) in [6.45, 7) is 0. The molecule has 166 valence electrons. The monoisotopic (exact) mass is 421 g/mol. The van der Waals surface area contributed by atoms with E-state index in [9.17, 15) is 9.59 Å². The number of rotatable bonds is 4. The van der Waals surface area contributed by atoms with Crippen molar-refractivity contribution < 1.29 is 9.59 Å². The lowest BCUT2D eigenvalue weighted by molar-refractivity contribution is -0.136. The van der Waals surface area contributed by atoms with Crippen LogP contribution in [0, 0.1) is 0 Å². The molecule has 0 unspecified atom stereocenters. The maximum absolute atomic E-state index is 12.5. The van der Waals surface area contributed by atoms with Crippen LogP contribution in [0.4, 0.5) is 17.1 Å². The molecular weight excluding hydrogens is 386 g/mol. The Balaban J connectivity index is 1.47. The highest BCUT2D eigenvalue weighted by atomic mass is 16.2. The SMILES string of the molecule is O=C(Nc1ccc(Nc2ccccc2)cc1)C(=O)NC1CCCCCCCCCCC1. The van der Waals surface area contributed by atoms with Gasteiger partial charge in [-0.05, 0) is 49.2 Å². The Kier molecular flexibility index (Phi) is 9.42. The number of nitrogens with one attached hydrogen (secondary N) is 3. The van der Waals surface area contributed by atoms with Gasteiger partial charge in [-0.25, -0.2) is 0 Å². The van der Waals surface area contributed by atoms with E-state index in [0.717, 1.165) is 37.1 Å². The first-order valence-electron chi connectivity index (χ1n) is 11.7. The molecule has 2 amide bonds. The molecule has 0 spiro atoms. The summed E-state index contributed by atoms with van der Waals surface area (Å²) in [6.07, 6.45) is 13.1. The fraction of sp³-hybridized carbons (Fsp3) is 0.462. The average molecular weight is 422 g/mol. The maximum atomic E-state index is 12.5. The van der Waals surface area contributed by atoms with E-state index in [1.165, 1.54) is 44.9 Å². The molecule has 0 aromatic heterocycles. The highest BCUT2D eigenvalue weighted by Crippen LogP contribution is 2.19. The van der Waals surface area contributed by atoms with Crippen molar-refractivity contribution in [2.24, 2.45) is 0 Å². The van der Waals surface area contributed by atoms with E-state index < -0.39 is 11.8 Å². The first kappa shape index (κ1) is 22.9. The molecule has 1 aliphatic rings. The van der Waals surface area contributed by atoms with Gasteiger partial charge in [0.1, 0.15) is 0 Å². The molecule has 0 bridgehead atoms. The maximum Gasteiger partial charge on any atom is 0.313 e. The van der Waals surface area contributed by atoms with Gasteiger partial charge < -0.3 is 16.0 Å². The predicted molar refractivity (Wildman–Crippen MR) is 128 cm³/mol. The van der Waals surface area contributed by atoms with E-state index in [1.807, 2.05) is 42.5 Å². The molecule has 0 heterocycles. The molecule has 1 saturated carbocycles. The van der Waals surface area contributed by atoms with Gasteiger partial charge in [0, 0.05) is 23.1 Å². The lowest BCUT2D eigenvalue weighted by Gasteiger charge is -2.19. The van der Waals surface area contributed by atoms with Gasteiger partial charge in [-0.15, -0.1) is 0 Å². The zero-order valence-electron chi connectivity index (χ0n) is 18.4. The van der Waals surface area contributed by atoms with E-state index in [4.69, 9.17) is 0 Å². The minimum atomic E-state index is -0.602. The molecule has 0 saturated heterocycles. The third-order valence-corrected chi connectivity index (χ3v) is 5.85. The van der Waals surface area contributed by atoms with Crippen LogP contribution >= 0.6 is 0 Å². The van der Waals surface area contributed by atoms with Gasteiger partial charge in [0.2, 0.25) is 0 Å². The van der Waals surface area contributed by atoms with Crippen molar-refractivity contribution >= 4 is 28.9 Å². The van der Waals surface area contributed by atoms with Crippen LogP contribution in [0.3, 0.4) is 0 Å². The second kappa shape index (κ2) is 12.8. The molecule has 0 aliphatic heterocycles. The number of carbonyl (C=O) groups excluding carboxylic acids is 2. The van der Waals surface area contributed by atoms with Gasteiger partial charge >= 0.3 is 11.8 Å². The normalized spacial score (nSPS) is 16.4. The van der Waals surface area contributed by atoms with Crippen LogP contribution in [0.15, 0.2) is 54.6 Å². The van der Waals surface area contributed by atoms with E-state index in [1.54, 1.807) is 12.1 Å². The second-order valence-electron chi connectivity index (χ2n) is 8.45. The third kappa shape index (κ3) is 8.44. The van der Waals surface area contributed by atoms with Gasteiger partial charge in [0.15, 0.2) is 0 Å². The lowest BCUT2D eigenvalue weighted by Crippen LogP contribution is -2.41. The van der Waals surface area contributed by atoms with Gasteiger partial charge in [-0.1, -0.05) is 76.0 Å². The number of amides is 2. The van der Waals surface area contributed by atoms with E-state index >= 15 is 0 Å². The fourth-order valence-electron chi connectivity index (χ4n) is 4.07. The van der Waals surface area contributed by atoms with Crippen molar-refractivity contribution in [1.82, 2.24) is 5.32 Å². The van der Waals surface area contributed by atoms with Crippen LogP contribution in [0.25, 0.3) is 0 Å². The minimum absolute atomic E-state index is 0.0927. The van der Waals surface area contributed by atoms with Gasteiger partial charge in [-0.3, -0.25) is 9.59 Å². The zero-order chi connectivity index (χ0) is 21.7. The quantitative estimate of drug-likeness (QED) is 0.518. The molecule has 0 radical (unpaired) electrons. The molecule has 2 aromatic rings. The Morgan fingerprint density at radius 2 is 1.06 bits per heavy atom. The van der Waals surface area contributed by atoms with Gasteiger partial charge in [0.05, 0.1) is 0 Å². The Morgan fingerprint density at radius 1 is 0.581 bits per heavy atom. The summed E-state index contributed by atoms with van der Waals surface area (Å²) >= 11 is 0. The highest BCUT2D eigenvalue weighted by molar-refractivity contribution is 6.39. The van der Waals surface area contributed by atoms with Crippen LogP contribution in [-0.2, 0) is 9.59 Å². The molecule has 2 aromatic carbocycles.